The number of nitriles is 1. The molecular weight excluding hydrogens is 392 g/mol. The maximum atomic E-state index is 14.7. The quantitative estimate of drug-likeness (QED) is 0.313. The van der Waals surface area contributed by atoms with E-state index >= 15 is 0 Å². The van der Waals surface area contributed by atoms with E-state index in [2.05, 4.69) is 13.0 Å². The second-order valence-electron chi connectivity index (χ2n) is 7.62. The molecule has 0 bridgehead atoms. The number of hydrogen-bond acceptors (Lipinski definition) is 2. The summed E-state index contributed by atoms with van der Waals surface area (Å²) in [6.07, 6.45) is 6.66. The molecule has 0 saturated carbocycles. The van der Waals surface area contributed by atoms with Crippen LogP contribution in [0.2, 0.25) is 0 Å². The molecule has 3 aromatic rings. The summed E-state index contributed by atoms with van der Waals surface area (Å²) in [6.45, 7) is 2.56. The fraction of sp³-hybridized carbons (Fsp3) is 0.296. The smallest absolute Gasteiger partial charge is 0.201 e. The highest BCUT2D eigenvalue weighted by Crippen LogP contribution is 2.31. The summed E-state index contributed by atoms with van der Waals surface area (Å²) in [4.78, 5) is 0. The van der Waals surface area contributed by atoms with Gasteiger partial charge in [0.1, 0.15) is 0 Å². The molecule has 31 heavy (non-hydrogen) atoms. The minimum absolute atomic E-state index is 0.0380. The van der Waals surface area contributed by atoms with Crippen LogP contribution in [0.4, 0.5) is 8.78 Å². The molecule has 0 N–H and O–H groups in total. The molecule has 0 amide bonds. The summed E-state index contributed by atoms with van der Waals surface area (Å²) in [6, 6.07) is 19.6. The van der Waals surface area contributed by atoms with Crippen molar-refractivity contribution in [3.8, 4) is 34.1 Å². The first-order chi connectivity index (χ1) is 15.1. The Morgan fingerprint density at radius 1 is 0.710 bits per heavy atom. The summed E-state index contributed by atoms with van der Waals surface area (Å²) in [5.41, 5.74) is 3.28. The summed E-state index contributed by atoms with van der Waals surface area (Å²) >= 11 is 0. The van der Waals surface area contributed by atoms with Crippen LogP contribution < -0.4 is 4.74 Å². The molecule has 0 aliphatic heterocycles. The number of hydrogen-bond donors (Lipinski definition) is 0. The van der Waals surface area contributed by atoms with Crippen molar-refractivity contribution >= 4 is 0 Å². The lowest BCUT2D eigenvalue weighted by Gasteiger charge is -2.11. The molecule has 0 heterocycles. The average molecular weight is 420 g/mol. The van der Waals surface area contributed by atoms with Gasteiger partial charge < -0.3 is 4.74 Å². The highest BCUT2D eigenvalue weighted by atomic mass is 19.2. The lowest BCUT2D eigenvalue weighted by atomic mass is 9.99. The Morgan fingerprint density at radius 3 is 1.94 bits per heavy atom. The van der Waals surface area contributed by atoms with Crippen LogP contribution in [-0.2, 0) is 0 Å². The van der Waals surface area contributed by atoms with Gasteiger partial charge in [-0.3, -0.25) is 0 Å². The van der Waals surface area contributed by atoms with E-state index in [9.17, 15) is 8.78 Å². The van der Waals surface area contributed by atoms with Crippen LogP contribution in [0, 0.1) is 23.0 Å². The van der Waals surface area contributed by atoms with Crippen molar-refractivity contribution in [1.82, 2.24) is 0 Å². The Labute approximate surface area is 183 Å². The minimum atomic E-state index is -0.945. The van der Waals surface area contributed by atoms with Crippen molar-refractivity contribution in [1.29, 1.82) is 5.26 Å². The Morgan fingerprint density at radius 2 is 1.29 bits per heavy atom. The number of nitrogens with zero attached hydrogens (tertiary/aromatic N) is 1. The van der Waals surface area contributed by atoms with E-state index in [1.807, 2.05) is 24.3 Å². The Bertz CT molecular complexity index is 1020. The van der Waals surface area contributed by atoms with Crippen molar-refractivity contribution in [2.75, 3.05) is 6.61 Å². The normalized spacial score (nSPS) is 10.6. The van der Waals surface area contributed by atoms with Crippen molar-refractivity contribution in [3.05, 3.63) is 77.9 Å². The van der Waals surface area contributed by atoms with Crippen LogP contribution in [0.15, 0.2) is 60.7 Å². The van der Waals surface area contributed by atoms with Crippen LogP contribution in [-0.4, -0.2) is 6.61 Å². The standard InChI is InChI=1S/C27H27F2NO/c1-2-3-4-5-6-7-18-31-25-17-16-24(26(28)27(25)29)23-14-12-22(13-15-23)21-10-8-20(19-30)9-11-21/h8-17H,2-7,18H2,1H3. The van der Waals surface area contributed by atoms with E-state index in [0.29, 0.717) is 17.7 Å². The first-order valence-electron chi connectivity index (χ1n) is 10.9. The molecule has 4 heteroatoms. The number of benzene rings is 3. The zero-order valence-electron chi connectivity index (χ0n) is 17.8. The molecule has 0 fully saturated rings. The Kier molecular flexibility index (Phi) is 8.18. The minimum Gasteiger partial charge on any atom is -0.490 e. The van der Waals surface area contributed by atoms with Crippen LogP contribution >= 0.6 is 0 Å². The van der Waals surface area contributed by atoms with E-state index in [4.69, 9.17) is 10.00 Å². The fourth-order valence-electron chi connectivity index (χ4n) is 3.51. The van der Waals surface area contributed by atoms with Crippen molar-refractivity contribution in [2.24, 2.45) is 0 Å². The zero-order valence-corrected chi connectivity index (χ0v) is 17.8. The van der Waals surface area contributed by atoms with E-state index in [1.165, 1.54) is 25.3 Å². The predicted octanol–water partition coefficient (Wildman–Crippen LogP) is 7.91. The molecule has 0 spiro atoms. The monoisotopic (exact) mass is 419 g/mol. The van der Waals surface area contributed by atoms with Gasteiger partial charge in [0, 0.05) is 5.56 Å². The number of unbranched alkanes of at least 4 members (excludes halogenated alkanes) is 5. The van der Waals surface area contributed by atoms with Crippen LogP contribution in [0.25, 0.3) is 22.3 Å². The molecule has 0 saturated heterocycles. The molecule has 160 valence electrons. The van der Waals surface area contributed by atoms with E-state index in [1.54, 1.807) is 30.3 Å². The summed E-state index contributed by atoms with van der Waals surface area (Å²) in [5.74, 6) is -1.88. The molecule has 0 aliphatic rings. The van der Waals surface area contributed by atoms with Gasteiger partial charge in [0.15, 0.2) is 11.6 Å². The van der Waals surface area contributed by atoms with Gasteiger partial charge in [-0.25, -0.2) is 4.39 Å². The average Bonchev–Trinajstić information content (AvgIpc) is 2.81. The molecule has 0 atom stereocenters. The van der Waals surface area contributed by atoms with Crippen molar-refractivity contribution in [2.45, 2.75) is 45.4 Å². The number of rotatable bonds is 10. The third-order valence-corrected chi connectivity index (χ3v) is 5.35. The van der Waals surface area contributed by atoms with Crippen LogP contribution in [0.5, 0.6) is 5.75 Å². The van der Waals surface area contributed by atoms with Crippen LogP contribution in [0.3, 0.4) is 0 Å². The Hall–Kier alpha value is -3.19. The second kappa shape index (κ2) is 11.3. The summed E-state index contributed by atoms with van der Waals surface area (Å²) < 4.78 is 34.7. The first-order valence-corrected chi connectivity index (χ1v) is 10.9. The van der Waals surface area contributed by atoms with Gasteiger partial charge >= 0.3 is 0 Å². The van der Waals surface area contributed by atoms with E-state index in [0.717, 1.165) is 30.4 Å². The lowest BCUT2D eigenvalue weighted by molar-refractivity contribution is 0.285. The molecule has 0 aliphatic carbocycles. The molecule has 0 aromatic heterocycles. The topological polar surface area (TPSA) is 33.0 Å². The SMILES string of the molecule is CCCCCCCCOc1ccc(-c2ccc(-c3ccc(C#N)cc3)cc2)c(F)c1F. The van der Waals surface area contributed by atoms with Gasteiger partial charge in [0.25, 0.3) is 0 Å². The maximum Gasteiger partial charge on any atom is 0.201 e. The van der Waals surface area contributed by atoms with Gasteiger partial charge in [-0.15, -0.1) is 0 Å². The summed E-state index contributed by atoms with van der Waals surface area (Å²) in [7, 11) is 0. The van der Waals surface area contributed by atoms with Gasteiger partial charge in [0.05, 0.1) is 18.2 Å². The molecule has 2 nitrogen and oxygen atoms in total. The predicted molar refractivity (Wildman–Crippen MR) is 121 cm³/mol. The first kappa shape index (κ1) is 22.5. The van der Waals surface area contributed by atoms with Gasteiger partial charge in [0.2, 0.25) is 5.82 Å². The lowest BCUT2D eigenvalue weighted by Crippen LogP contribution is -2.01. The van der Waals surface area contributed by atoms with E-state index in [-0.39, 0.29) is 11.3 Å². The highest BCUT2D eigenvalue weighted by molar-refractivity contribution is 5.71. The fourth-order valence-corrected chi connectivity index (χ4v) is 3.51. The van der Waals surface area contributed by atoms with E-state index < -0.39 is 11.6 Å². The third kappa shape index (κ3) is 5.92. The van der Waals surface area contributed by atoms with Gasteiger partial charge in [-0.05, 0) is 47.4 Å². The third-order valence-electron chi connectivity index (χ3n) is 5.35. The summed E-state index contributed by atoms with van der Waals surface area (Å²) in [5, 5.41) is 8.90. The number of halogens is 2. The second-order valence-corrected chi connectivity index (χ2v) is 7.62. The van der Waals surface area contributed by atoms with Crippen LogP contribution in [0.1, 0.15) is 51.0 Å². The molecule has 3 rings (SSSR count). The zero-order chi connectivity index (χ0) is 22.1. The maximum absolute atomic E-state index is 14.7. The largest absolute Gasteiger partial charge is 0.490 e. The van der Waals surface area contributed by atoms with Crippen molar-refractivity contribution in [3.63, 3.8) is 0 Å². The molecule has 3 aromatic carbocycles. The van der Waals surface area contributed by atoms with Gasteiger partial charge in [-0.1, -0.05) is 75.4 Å². The Balaban J connectivity index is 1.64. The molecule has 0 unspecified atom stereocenters. The molecular formula is C27H27F2NO. The number of ether oxygens (including phenoxy) is 1. The highest BCUT2D eigenvalue weighted by Gasteiger charge is 2.16. The molecule has 0 radical (unpaired) electrons. The van der Waals surface area contributed by atoms with Gasteiger partial charge in [-0.2, -0.15) is 9.65 Å². The van der Waals surface area contributed by atoms with Crippen molar-refractivity contribution < 1.29 is 13.5 Å².